The van der Waals surface area contributed by atoms with Gasteiger partial charge in [-0.2, -0.15) is 0 Å². The molecule has 2 heterocycles. The molecule has 1 amide bonds. The fourth-order valence-corrected chi connectivity index (χ4v) is 4.57. The molecular weight excluding hydrogens is 342 g/mol. The number of rotatable bonds is 7. The van der Waals surface area contributed by atoms with Crippen molar-refractivity contribution in [1.29, 1.82) is 0 Å². The van der Waals surface area contributed by atoms with Crippen molar-refractivity contribution >= 4 is 17.2 Å². The third kappa shape index (κ3) is 4.91. The number of thiazole rings is 1. The van der Waals surface area contributed by atoms with E-state index >= 15 is 0 Å². The Morgan fingerprint density at radius 2 is 2.15 bits per heavy atom. The normalized spacial score (nSPS) is 21.3. The topological polar surface area (TPSA) is 54.9 Å². The molecule has 1 aliphatic rings. The number of hydrogen-bond acceptors (Lipinski definition) is 4. The molecule has 140 valence electrons. The number of unbranched alkanes of at least 4 members (excludes halogenated alkanes) is 1. The second-order valence-corrected chi connectivity index (χ2v) is 8.29. The average molecular weight is 372 g/mol. The molecule has 1 atom stereocenters. The van der Waals surface area contributed by atoms with Gasteiger partial charge in [0.2, 0.25) is 5.91 Å². The molecule has 0 bridgehead atoms. The Morgan fingerprint density at radius 3 is 2.85 bits per heavy atom. The van der Waals surface area contributed by atoms with Gasteiger partial charge in [0.05, 0.1) is 11.7 Å². The predicted octanol–water partition coefficient (Wildman–Crippen LogP) is 5.38. The molecule has 5 heteroatoms. The van der Waals surface area contributed by atoms with Crippen LogP contribution in [0.25, 0.3) is 11.3 Å². The summed E-state index contributed by atoms with van der Waals surface area (Å²) in [5.74, 6) is 1.20. The van der Waals surface area contributed by atoms with Gasteiger partial charge in [-0.3, -0.25) is 9.78 Å². The van der Waals surface area contributed by atoms with Crippen molar-refractivity contribution in [3.8, 4) is 11.3 Å². The van der Waals surface area contributed by atoms with Crippen molar-refractivity contribution in [2.24, 2.45) is 11.8 Å². The zero-order valence-corrected chi connectivity index (χ0v) is 16.6. The van der Waals surface area contributed by atoms with Crippen LogP contribution in [0.5, 0.6) is 0 Å². The van der Waals surface area contributed by atoms with E-state index in [1.807, 2.05) is 30.6 Å². The molecule has 1 aliphatic carbocycles. The fraction of sp³-hybridized carbons (Fsp3) is 0.571. The number of aromatic nitrogens is 2. The summed E-state index contributed by atoms with van der Waals surface area (Å²) < 4.78 is 0. The largest absolute Gasteiger partial charge is 0.347 e. The first-order valence-electron chi connectivity index (χ1n) is 9.83. The van der Waals surface area contributed by atoms with E-state index < -0.39 is 0 Å². The van der Waals surface area contributed by atoms with E-state index in [9.17, 15) is 4.79 Å². The van der Waals surface area contributed by atoms with Gasteiger partial charge < -0.3 is 5.32 Å². The third-order valence-corrected chi connectivity index (χ3v) is 6.42. The van der Waals surface area contributed by atoms with Crippen LogP contribution in [0.4, 0.5) is 0 Å². The first-order valence-corrected chi connectivity index (χ1v) is 10.7. The van der Waals surface area contributed by atoms with Gasteiger partial charge >= 0.3 is 0 Å². The van der Waals surface area contributed by atoms with E-state index in [0.717, 1.165) is 35.0 Å². The minimum atomic E-state index is -0.0456. The van der Waals surface area contributed by atoms with Crippen molar-refractivity contribution in [2.75, 3.05) is 0 Å². The monoisotopic (exact) mass is 371 g/mol. The van der Waals surface area contributed by atoms with Crippen LogP contribution in [0.2, 0.25) is 0 Å². The third-order valence-electron chi connectivity index (χ3n) is 5.39. The number of carbonyl (C=O) groups is 1. The molecule has 2 aromatic rings. The zero-order valence-electron chi connectivity index (χ0n) is 15.8. The highest BCUT2D eigenvalue weighted by Crippen LogP contribution is 2.32. The molecule has 4 nitrogen and oxygen atoms in total. The summed E-state index contributed by atoms with van der Waals surface area (Å²) >= 11 is 1.60. The van der Waals surface area contributed by atoms with Crippen LogP contribution in [0.15, 0.2) is 29.9 Å². The Kier molecular flexibility index (Phi) is 6.78. The molecule has 0 saturated heterocycles. The van der Waals surface area contributed by atoms with E-state index in [4.69, 9.17) is 0 Å². The van der Waals surface area contributed by atoms with E-state index in [1.165, 1.54) is 32.1 Å². The molecular formula is C21H29N3OS. The minimum Gasteiger partial charge on any atom is -0.347 e. The molecule has 1 saturated carbocycles. The van der Waals surface area contributed by atoms with Crippen LogP contribution < -0.4 is 5.32 Å². The second kappa shape index (κ2) is 9.26. The Morgan fingerprint density at radius 1 is 1.35 bits per heavy atom. The Hall–Kier alpha value is -1.75. The van der Waals surface area contributed by atoms with Crippen LogP contribution in [0, 0.1) is 11.8 Å². The van der Waals surface area contributed by atoms with Gasteiger partial charge in [-0.1, -0.05) is 26.2 Å². The molecule has 26 heavy (non-hydrogen) atoms. The number of pyridine rings is 1. The highest BCUT2D eigenvalue weighted by Gasteiger charge is 2.27. The lowest BCUT2D eigenvalue weighted by molar-refractivity contribution is -0.126. The lowest BCUT2D eigenvalue weighted by Gasteiger charge is -2.28. The van der Waals surface area contributed by atoms with E-state index in [1.54, 1.807) is 17.5 Å². The summed E-state index contributed by atoms with van der Waals surface area (Å²) in [5.41, 5.74) is 1.94. The summed E-state index contributed by atoms with van der Waals surface area (Å²) in [6, 6.07) is 3.87. The molecule has 1 N–H and O–H groups in total. The van der Waals surface area contributed by atoms with Gasteiger partial charge in [-0.15, -0.1) is 11.3 Å². The summed E-state index contributed by atoms with van der Waals surface area (Å²) in [5, 5.41) is 6.17. The molecule has 1 unspecified atom stereocenters. The van der Waals surface area contributed by atoms with Crippen molar-refractivity contribution < 1.29 is 4.79 Å². The molecule has 0 aromatic carbocycles. The lowest BCUT2D eigenvalue weighted by atomic mass is 9.79. The molecule has 2 aromatic heterocycles. The highest BCUT2D eigenvalue weighted by molar-refractivity contribution is 7.10. The average Bonchev–Trinajstić information content (AvgIpc) is 3.18. The fourth-order valence-electron chi connectivity index (χ4n) is 3.73. The maximum Gasteiger partial charge on any atom is 0.223 e. The van der Waals surface area contributed by atoms with Crippen LogP contribution in [0.1, 0.15) is 69.8 Å². The molecule has 0 spiro atoms. The summed E-state index contributed by atoms with van der Waals surface area (Å²) in [6.07, 6.45) is 12.0. The molecule has 0 radical (unpaired) electrons. The quantitative estimate of drug-likeness (QED) is 0.711. The van der Waals surface area contributed by atoms with Gasteiger partial charge in [0, 0.05) is 29.3 Å². The first-order chi connectivity index (χ1) is 12.7. The van der Waals surface area contributed by atoms with Crippen LogP contribution in [-0.4, -0.2) is 15.9 Å². The van der Waals surface area contributed by atoms with E-state index in [-0.39, 0.29) is 17.9 Å². The summed E-state index contributed by atoms with van der Waals surface area (Å²) in [6.45, 7) is 4.27. The number of nitrogens with zero attached hydrogens (tertiary/aromatic N) is 2. The van der Waals surface area contributed by atoms with Crippen LogP contribution in [0.3, 0.4) is 0 Å². The van der Waals surface area contributed by atoms with Gasteiger partial charge in [0.15, 0.2) is 0 Å². The van der Waals surface area contributed by atoms with E-state index in [0.29, 0.717) is 0 Å². The van der Waals surface area contributed by atoms with Gasteiger partial charge in [0.1, 0.15) is 5.01 Å². The van der Waals surface area contributed by atoms with Crippen LogP contribution >= 0.6 is 11.3 Å². The molecule has 3 rings (SSSR count). The standard InChI is InChI=1S/C21H29N3OS/c1-3-4-6-16-8-10-17(11-9-16)20(25)23-15(2)21-24-19(14-26-21)18-7-5-12-22-13-18/h5,7,12-17H,3-4,6,8-11H2,1-2H3,(H,23,25). The van der Waals surface area contributed by atoms with Gasteiger partial charge in [-0.05, 0) is 50.7 Å². The van der Waals surface area contributed by atoms with Crippen molar-refractivity contribution in [2.45, 2.75) is 64.8 Å². The maximum atomic E-state index is 12.6. The SMILES string of the molecule is CCCCC1CCC(C(=O)NC(C)c2nc(-c3cccnc3)cs2)CC1. The van der Waals surface area contributed by atoms with Gasteiger partial charge in [0.25, 0.3) is 0 Å². The summed E-state index contributed by atoms with van der Waals surface area (Å²) in [4.78, 5) is 21.5. The maximum absolute atomic E-state index is 12.6. The molecule has 0 aliphatic heterocycles. The minimum absolute atomic E-state index is 0.0456. The highest BCUT2D eigenvalue weighted by atomic mass is 32.1. The van der Waals surface area contributed by atoms with Crippen LogP contribution in [-0.2, 0) is 4.79 Å². The smallest absolute Gasteiger partial charge is 0.223 e. The summed E-state index contributed by atoms with van der Waals surface area (Å²) in [7, 11) is 0. The van der Waals surface area contributed by atoms with Crippen molar-refractivity contribution in [1.82, 2.24) is 15.3 Å². The number of amides is 1. The lowest BCUT2D eigenvalue weighted by Crippen LogP contribution is -2.34. The number of nitrogens with one attached hydrogen (secondary N) is 1. The Labute approximate surface area is 160 Å². The van der Waals surface area contributed by atoms with Crippen molar-refractivity contribution in [3.05, 3.63) is 34.9 Å². The predicted molar refractivity (Wildman–Crippen MR) is 107 cm³/mol. The molecule has 1 fully saturated rings. The van der Waals surface area contributed by atoms with E-state index in [2.05, 4.69) is 22.2 Å². The Balaban J connectivity index is 1.51. The number of hydrogen-bond donors (Lipinski definition) is 1. The Bertz CT molecular complexity index is 692. The zero-order chi connectivity index (χ0) is 18.4. The van der Waals surface area contributed by atoms with Crippen molar-refractivity contribution in [3.63, 3.8) is 0 Å². The first kappa shape index (κ1) is 19.0. The number of carbonyl (C=O) groups excluding carboxylic acids is 1. The van der Waals surface area contributed by atoms with Gasteiger partial charge in [-0.25, -0.2) is 4.98 Å². The second-order valence-electron chi connectivity index (χ2n) is 7.40.